The molecule has 6 heteroatoms. The third-order valence-corrected chi connectivity index (χ3v) is 4.50. The quantitative estimate of drug-likeness (QED) is 0.356. The van der Waals surface area contributed by atoms with Gasteiger partial charge in [0.2, 0.25) is 0 Å². The molecular weight excluding hydrogens is 427 g/mol. The Hall–Kier alpha value is -1.02. The lowest BCUT2D eigenvalue weighted by molar-refractivity contribution is 0.264. The van der Waals surface area contributed by atoms with Crippen LogP contribution >= 0.6 is 24.0 Å². The van der Waals surface area contributed by atoms with E-state index >= 15 is 0 Å². The van der Waals surface area contributed by atoms with E-state index in [4.69, 9.17) is 9.73 Å². The minimum Gasteiger partial charge on any atom is -0.496 e. The monoisotopic (exact) mass is 460 g/mol. The number of aryl methyl sites for hydroxylation is 1. The van der Waals surface area contributed by atoms with E-state index < -0.39 is 0 Å². The molecule has 25 heavy (non-hydrogen) atoms. The van der Waals surface area contributed by atoms with Gasteiger partial charge in [-0.15, -0.1) is 24.0 Å². The van der Waals surface area contributed by atoms with Crippen LogP contribution in [0.25, 0.3) is 0 Å². The summed E-state index contributed by atoms with van der Waals surface area (Å²) in [7, 11) is 6.03. The standard InChI is InChI=1S/C19H32N4O.HI/c1-6-20-19(22-13-17(23(3)4)15-9-10-15)21-12-16-8-7-14(2)11-18(16)24-5;/h7-8,11,15,17H,6,9-10,12-13H2,1-5H3,(H2,20,21,22);1H. The van der Waals surface area contributed by atoms with E-state index in [0.717, 1.165) is 36.3 Å². The van der Waals surface area contributed by atoms with Crippen LogP contribution in [0.5, 0.6) is 5.75 Å². The molecule has 0 aliphatic heterocycles. The molecule has 5 nitrogen and oxygen atoms in total. The zero-order valence-corrected chi connectivity index (χ0v) is 18.5. The predicted octanol–water partition coefficient (Wildman–Crippen LogP) is 3.02. The largest absolute Gasteiger partial charge is 0.496 e. The van der Waals surface area contributed by atoms with Crippen molar-refractivity contribution in [2.45, 2.75) is 39.3 Å². The van der Waals surface area contributed by atoms with Crippen LogP contribution in [0.15, 0.2) is 23.2 Å². The first-order valence-electron chi connectivity index (χ1n) is 8.87. The van der Waals surface area contributed by atoms with Gasteiger partial charge in [0.25, 0.3) is 0 Å². The molecule has 142 valence electrons. The molecule has 1 aliphatic rings. The predicted molar refractivity (Wildman–Crippen MR) is 116 cm³/mol. The number of methoxy groups -OCH3 is 1. The number of guanidine groups is 1. The Morgan fingerprint density at radius 3 is 2.60 bits per heavy atom. The van der Waals surface area contributed by atoms with E-state index in [2.05, 4.69) is 61.7 Å². The number of hydrogen-bond acceptors (Lipinski definition) is 3. The fraction of sp³-hybridized carbons (Fsp3) is 0.632. The molecule has 0 radical (unpaired) electrons. The van der Waals surface area contributed by atoms with Crippen molar-refractivity contribution >= 4 is 29.9 Å². The molecule has 1 unspecified atom stereocenters. The van der Waals surface area contributed by atoms with Crippen molar-refractivity contribution in [3.63, 3.8) is 0 Å². The number of likely N-dealkylation sites (N-methyl/N-ethyl adjacent to an activating group) is 1. The van der Waals surface area contributed by atoms with Crippen molar-refractivity contribution in [3.05, 3.63) is 29.3 Å². The van der Waals surface area contributed by atoms with Crippen LogP contribution in [0.3, 0.4) is 0 Å². The first kappa shape index (κ1) is 22.0. The first-order chi connectivity index (χ1) is 11.5. The Labute approximate surface area is 169 Å². The van der Waals surface area contributed by atoms with E-state index in [0.29, 0.717) is 12.6 Å². The summed E-state index contributed by atoms with van der Waals surface area (Å²) in [6.07, 6.45) is 2.69. The summed E-state index contributed by atoms with van der Waals surface area (Å²) in [5, 5.41) is 6.83. The SMILES string of the molecule is CCNC(=NCc1ccc(C)cc1OC)NCC(C1CC1)N(C)C.I. The summed E-state index contributed by atoms with van der Waals surface area (Å²) in [5.41, 5.74) is 2.30. The van der Waals surface area contributed by atoms with Gasteiger partial charge in [0, 0.05) is 24.7 Å². The normalized spacial score (nSPS) is 15.5. The van der Waals surface area contributed by atoms with Crippen LogP contribution in [0.4, 0.5) is 0 Å². The molecule has 0 spiro atoms. The molecule has 2 rings (SSSR count). The number of nitrogens with zero attached hydrogens (tertiary/aromatic N) is 2. The second-order valence-electron chi connectivity index (χ2n) is 6.76. The maximum atomic E-state index is 5.47. The first-order valence-corrected chi connectivity index (χ1v) is 8.87. The van der Waals surface area contributed by atoms with Crippen LogP contribution in [-0.2, 0) is 6.54 Å². The minimum atomic E-state index is 0. The van der Waals surface area contributed by atoms with Gasteiger partial charge in [-0.05, 0) is 58.3 Å². The van der Waals surface area contributed by atoms with Gasteiger partial charge in [-0.25, -0.2) is 4.99 Å². The second-order valence-corrected chi connectivity index (χ2v) is 6.76. The van der Waals surface area contributed by atoms with E-state index in [1.807, 2.05) is 0 Å². The van der Waals surface area contributed by atoms with Gasteiger partial charge < -0.3 is 20.3 Å². The van der Waals surface area contributed by atoms with Gasteiger partial charge in [-0.1, -0.05) is 12.1 Å². The summed E-state index contributed by atoms with van der Waals surface area (Å²) in [6.45, 7) is 6.55. The lowest BCUT2D eigenvalue weighted by atomic mass is 10.1. The number of aliphatic imine (C=N–C) groups is 1. The van der Waals surface area contributed by atoms with Gasteiger partial charge in [0.15, 0.2) is 5.96 Å². The molecule has 1 aliphatic carbocycles. The van der Waals surface area contributed by atoms with Crippen molar-refractivity contribution in [3.8, 4) is 5.75 Å². The zero-order chi connectivity index (χ0) is 17.5. The summed E-state index contributed by atoms with van der Waals surface area (Å²) in [5.74, 6) is 2.60. The number of halogens is 1. The lowest BCUT2D eigenvalue weighted by Gasteiger charge is -2.25. The molecule has 0 aromatic heterocycles. The smallest absolute Gasteiger partial charge is 0.191 e. The maximum absolute atomic E-state index is 5.47. The molecule has 1 saturated carbocycles. The van der Waals surface area contributed by atoms with Gasteiger partial charge in [0.1, 0.15) is 5.75 Å². The van der Waals surface area contributed by atoms with Crippen LogP contribution in [0.2, 0.25) is 0 Å². The van der Waals surface area contributed by atoms with Crippen molar-refractivity contribution in [2.24, 2.45) is 10.9 Å². The number of hydrogen-bond donors (Lipinski definition) is 2. The van der Waals surface area contributed by atoms with Crippen LogP contribution in [0, 0.1) is 12.8 Å². The van der Waals surface area contributed by atoms with E-state index in [9.17, 15) is 0 Å². The molecule has 0 saturated heterocycles. The average Bonchev–Trinajstić information content (AvgIpc) is 3.38. The topological polar surface area (TPSA) is 48.9 Å². The highest BCUT2D eigenvalue weighted by Gasteiger charge is 2.32. The number of ether oxygens (including phenoxy) is 1. The van der Waals surface area contributed by atoms with E-state index in [1.54, 1.807) is 7.11 Å². The third kappa shape index (κ3) is 7.01. The molecule has 1 aromatic carbocycles. The summed E-state index contributed by atoms with van der Waals surface area (Å²) >= 11 is 0. The Bertz CT molecular complexity index is 556. The number of benzene rings is 1. The Balaban J connectivity index is 0.00000312. The fourth-order valence-corrected chi connectivity index (χ4v) is 2.94. The Morgan fingerprint density at radius 1 is 1.32 bits per heavy atom. The highest BCUT2D eigenvalue weighted by atomic mass is 127. The highest BCUT2D eigenvalue weighted by molar-refractivity contribution is 14.0. The van der Waals surface area contributed by atoms with Crippen LogP contribution in [-0.4, -0.2) is 51.2 Å². The van der Waals surface area contributed by atoms with E-state index in [-0.39, 0.29) is 24.0 Å². The highest BCUT2D eigenvalue weighted by Crippen LogP contribution is 2.34. The number of nitrogens with one attached hydrogen (secondary N) is 2. The van der Waals surface area contributed by atoms with Crippen molar-refractivity contribution in [1.29, 1.82) is 0 Å². The molecule has 0 bridgehead atoms. The second kappa shape index (κ2) is 10.9. The van der Waals surface area contributed by atoms with Crippen molar-refractivity contribution in [1.82, 2.24) is 15.5 Å². The summed E-state index contributed by atoms with van der Waals surface area (Å²) in [4.78, 5) is 7.05. The summed E-state index contributed by atoms with van der Waals surface area (Å²) < 4.78 is 5.47. The molecule has 2 N–H and O–H groups in total. The minimum absolute atomic E-state index is 0. The third-order valence-electron chi connectivity index (χ3n) is 4.50. The van der Waals surface area contributed by atoms with Crippen molar-refractivity contribution < 1.29 is 4.74 Å². The van der Waals surface area contributed by atoms with Crippen LogP contribution in [0.1, 0.15) is 30.9 Å². The molecule has 1 atom stereocenters. The van der Waals surface area contributed by atoms with Gasteiger partial charge in [-0.2, -0.15) is 0 Å². The van der Waals surface area contributed by atoms with Crippen LogP contribution < -0.4 is 15.4 Å². The maximum Gasteiger partial charge on any atom is 0.191 e. The molecule has 0 amide bonds. The molecule has 1 fully saturated rings. The fourth-order valence-electron chi connectivity index (χ4n) is 2.94. The molecule has 1 aromatic rings. The molecule has 0 heterocycles. The van der Waals surface area contributed by atoms with Gasteiger partial charge >= 0.3 is 0 Å². The average molecular weight is 460 g/mol. The van der Waals surface area contributed by atoms with Crippen molar-refractivity contribution in [2.75, 3.05) is 34.3 Å². The van der Waals surface area contributed by atoms with Gasteiger partial charge in [-0.3, -0.25) is 0 Å². The summed E-state index contributed by atoms with van der Waals surface area (Å²) in [6, 6.07) is 6.82. The zero-order valence-electron chi connectivity index (χ0n) is 16.1. The lowest BCUT2D eigenvalue weighted by Crippen LogP contribution is -2.46. The Morgan fingerprint density at radius 2 is 2.04 bits per heavy atom. The Kier molecular flexibility index (Phi) is 9.56. The molecular formula is C19H33IN4O. The number of rotatable bonds is 8. The van der Waals surface area contributed by atoms with Gasteiger partial charge in [0.05, 0.1) is 13.7 Å². The van der Waals surface area contributed by atoms with E-state index in [1.165, 1.54) is 18.4 Å².